The van der Waals surface area contributed by atoms with E-state index in [1.54, 1.807) is 12.1 Å². The average Bonchev–Trinajstić information content (AvgIpc) is 2.41. The summed E-state index contributed by atoms with van der Waals surface area (Å²) < 4.78 is 14.3. The van der Waals surface area contributed by atoms with Gasteiger partial charge in [-0.1, -0.05) is 15.9 Å². The highest BCUT2D eigenvalue weighted by atomic mass is 79.9. The maximum absolute atomic E-state index is 13.5. The van der Waals surface area contributed by atoms with E-state index >= 15 is 0 Å². The van der Waals surface area contributed by atoms with Crippen LogP contribution in [-0.2, 0) is 11.3 Å². The van der Waals surface area contributed by atoms with Gasteiger partial charge in [-0.05, 0) is 50.0 Å². The smallest absolute Gasteiger partial charge is 0.220 e. The summed E-state index contributed by atoms with van der Waals surface area (Å²) in [5.74, 6) is 0.108. The molecule has 0 bridgehead atoms. The predicted octanol–water partition coefficient (Wildman–Crippen LogP) is 2.59. The molecule has 1 amide bonds. The molecule has 1 aliphatic rings. The first-order chi connectivity index (χ1) is 9.15. The Hall–Kier alpha value is -0.940. The number of carbonyl (C=O) groups excluding carboxylic acids is 1. The van der Waals surface area contributed by atoms with E-state index in [9.17, 15) is 9.18 Å². The van der Waals surface area contributed by atoms with Gasteiger partial charge in [0.05, 0.1) is 0 Å². The molecule has 1 heterocycles. The molecule has 1 aromatic carbocycles. The zero-order chi connectivity index (χ0) is 13.7. The van der Waals surface area contributed by atoms with Crippen molar-refractivity contribution in [1.82, 2.24) is 10.6 Å². The van der Waals surface area contributed by atoms with Gasteiger partial charge in [-0.3, -0.25) is 4.79 Å². The van der Waals surface area contributed by atoms with E-state index < -0.39 is 0 Å². The minimum atomic E-state index is -0.289. The largest absolute Gasteiger partial charge is 0.352 e. The molecule has 0 aromatic heterocycles. The van der Waals surface area contributed by atoms with Gasteiger partial charge in [0.25, 0.3) is 0 Å². The van der Waals surface area contributed by atoms with Crippen molar-refractivity contribution in [1.29, 1.82) is 0 Å². The lowest BCUT2D eigenvalue weighted by atomic mass is 9.96. The molecule has 1 unspecified atom stereocenters. The molecule has 1 saturated heterocycles. The lowest BCUT2D eigenvalue weighted by molar-refractivity contribution is -0.122. The Balaban J connectivity index is 1.81. The first-order valence-corrected chi connectivity index (χ1v) is 7.36. The van der Waals surface area contributed by atoms with Crippen LogP contribution in [0, 0.1) is 11.7 Å². The number of carbonyl (C=O) groups is 1. The molecule has 2 rings (SSSR count). The van der Waals surface area contributed by atoms with Crippen molar-refractivity contribution in [3.05, 3.63) is 34.1 Å². The molecule has 1 aliphatic heterocycles. The molecule has 1 atom stereocenters. The predicted molar refractivity (Wildman–Crippen MR) is 76.2 cm³/mol. The number of halogens is 2. The van der Waals surface area contributed by atoms with Gasteiger partial charge in [0.2, 0.25) is 5.91 Å². The molecule has 0 spiro atoms. The highest BCUT2D eigenvalue weighted by Crippen LogP contribution is 2.16. The van der Waals surface area contributed by atoms with E-state index in [4.69, 9.17) is 0 Å². The Morgan fingerprint density at radius 3 is 3.11 bits per heavy atom. The second-order valence-electron chi connectivity index (χ2n) is 4.93. The lowest BCUT2D eigenvalue weighted by Crippen LogP contribution is -2.34. The molecular formula is C14H18BrFN2O. The van der Waals surface area contributed by atoms with Crippen LogP contribution in [0.4, 0.5) is 4.39 Å². The molecular weight excluding hydrogens is 311 g/mol. The van der Waals surface area contributed by atoms with E-state index in [1.165, 1.54) is 6.07 Å². The van der Waals surface area contributed by atoms with Crippen LogP contribution in [0.2, 0.25) is 0 Å². The molecule has 0 radical (unpaired) electrons. The number of hydrogen-bond donors (Lipinski definition) is 2. The third-order valence-electron chi connectivity index (χ3n) is 3.36. The highest BCUT2D eigenvalue weighted by molar-refractivity contribution is 9.10. The minimum absolute atomic E-state index is 0.00641. The molecule has 1 aromatic rings. The molecule has 104 valence electrons. The minimum Gasteiger partial charge on any atom is -0.352 e. The summed E-state index contributed by atoms with van der Waals surface area (Å²) in [4.78, 5) is 11.8. The van der Waals surface area contributed by atoms with E-state index in [1.807, 2.05) is 0 Å². The third kappa shape index (κ3) is 4.58. The average molecular weight is 329 g/mol. The maximum Gasteiger partial charge on any atom is 0.220 e. The molecule has 0 aliphatic carbocycles. The summed E-state index contributed by atoms with van der Waals surface area (Å²) in [5, 5.41) is 6.07. The fourth-order valence-corrected chi connectivity index (χ4v) is 2.71. The number of rotatable bonds is 4. The summed E-state index contributed by atoms with van der Waals surface area (Å²) in [6, 6.07) is 4.74. The molecule has 3 nitrogen and oxygen atoms in total. The van der Waals surface area contributed by atoms with Crippen LogP contribution in [0.25, 0.3) is 0 Å². The number of hydrogen-bond acceptors (Lipinski definition) is 2. The monoisotopic (exact) mass is 328 g/mol. The Morgan fingerprint density at radius 2 is 2.37 bits per heavy atom. The number of benzene rings is 1. The second kappa shape index (κ2) is 7.01. The maximum atomic E-state index is 13.5. The van der Waals surface area contributed by atoms with Gasteiger partial charge in [0.1, 0.15) is 5.82 Å². The fraction of sp³-hybridized carbons (Fsp3) is 0.500. The number of nitrogens with one attached hydrogen (secondary N) is 2. The van der Waals surface area contributed by atoms with Gasteiger partial charge in [-0.25, -0.2) is 4.39 Å². The number of piperidine rings is 1. The van der Waals surface area contributed by atoms with Crippen LogP contribution in [0.3, 0.4) is 0 Å². The first kappa shape index (κ1) is 14.5. The van der Waals surface area contributed by atoms with Gasteiger partial charge >= 0.3 is 0 Å². The summed E-state index contributed by atoms with van der Waals surface area (Å²) in [6.07, 6.45) is 2.73. The quantitative estimate of drug-likeness (QED) is 0.892. The molecule has 1 fully saturated rings. The normalized spacial score (nSPS) is 19.2. The zero-order valence-electron chi connectivity index (χ0n) is 10.7. The molecule has 5 heteroatoms. The van der Waals surface area contributed by atoms with Crippen molar-refractivity contribution in [2.24, 2.45) is 5.92 Å². The Labute approximate surface area is 121 Å². The van der Waals surface area contributed by atoms with Crippen LogP contribution in [0.5, 0.6) is 0 Å². The van der Waals surface area contributed by atoms with Gasteiger partial charge in [-0.15, -0.1) is 0 Å². The Morgan fingerprint density at radius 1 is 1.53 bits per heavy atom. The Bertz CT molecular complexity index is 447. The van der Waals surface area contributed by atoms with Crippen LogP contribution < -0.4 is 10.6 Å². The summed E-state index contributed by atoms with van der Waals surface area (Å²) in [6.45, 7) is 2.18. The van der Waals surface area contributed by atoms with E-state index in [-0.39, 0.29) is 18.3 Å². The van der Waals surface area contributed by atoms with Crippen LogP contribution >= 0.6 is 15.9 Å². The van der Waals surface area contributed by atoms with Crippen molar-refractivity contribution >= 4 is 21.8 Å². The topological polar surface area (TPSA) is 41.1 Å². The van der Waals surface area contributed by atoms with Gasteiger partial charge in [0.15, 0.2) is 0 Å². The SMILES string of the molecule is O=C(CC1CCCNC1)NCc1cc(Br)ccc1F. The molecule has 2 N–H and O–H groups in total. The van der Waals surface area contributed by atoms with Crippen LogP contribution in [0.1, 0.15) is 24.8 Å². The van der Waals surface area contributed by atoms with Crippen molar-refractivity contribution in [2.45, 2.75) is 25.8 Å². The third-order valence-corrected chi connectivity index (χ3v) is 3.85. The van der Waals surface area contributed by atoms with Crippen molar-refractivity contribution in [3.8, 4) is 0 Å². The van der Waals surface area contributed by atoms with E-state index in [2.05, 4.69) is 26.6 Å². The fourth-order valence-electron chi connectivity index (χ4n) is 2.31. The standard InChI is InChI=1S/C14H18BrFN2O/c15-12-3-4-13(16)11(7-12)9-18-14(19)6-10-2-1-5-17-8-10/h3-4,7,10,17H,1-2,5-6,8-9H2,(H,18,19). The van der Waals surface area contributed by atoms with E-state index in [0.29, 0.717) is 17.9 Å². The van der Waals surface area contributed by atoms with Gasteiger partial charge in [0, 0.05) is 23.0 Å². The highest BCUT2D eigenvalue weighted by Gasteiger charge is 2.16. The second-order valence-corrected chi connectivity index (χ2v) is 5.84. The number of amides is 1. The first-order valence-electron chi connectivity index (χ1n) is 6.56. The summed E-state index contributed by atoms with van der Waals surface area (Å²) in [5.41, 5.74) is 0.504. The zero-order valence-corrected chi connectivity index (χ0v) is 12.3. The molecule has 19 heavy (non-hydrogen) atoms. The van der Waals surface area contributed by atoms with Gasteiger partial charge in [-0.2, -0.15) is 0 Å². The van der Waals surface area contributed by atoms with Crippen molar-refractivity contribution in [2.75, 3.05) is 13.1 Å². The van der Waals surface area contributed by atoms with E-state index in [0.717, 1.165) is 30.4 Å². The van der Waals surface area contributed by atoms with Gasteiger partial charge < -0.3 is 10.6 Å². The Kier molecular flexibility index (Phi) is 5.34. The van der Waals surface area contributed by atoms with Crippen LogP contribution in [-0.4, -0.2) is 19.0 Å². The van der Waals surface area contributed by atoms with Crippen LogP contribution in [0.15, 0.2) is 22.7 Å². The summed E-state index contributed by atoms with van der Waals surface area (Å²) in [7, 11) is 0. The lowest BCUT2D eigenvalue weighted by Gasteiger charge is -2.22. The van der Waals surface area contributed by atoms with Crippen molar-refractivity contribution in [3.63, 3.8) is 0 Å². The van der Waals surface area contributed by atoms with Crippen molar-refractivity contribution < 1.29 is 9.18 Å². The summed E-state index contributed by atoms with van der Waals surface area (Å²) >= 11 is 3.30. The molecule has 0 saturated carbocycles.